The molecule has 0 aliphatic carbocycles. The fourth-order valence-corrected chi connectivity index (χ4v) is 2.61. The fraction of sp³-hybridized carbons (Fsp3) is 0.0556. The van der Waals surface area contributed by atoms with E-state index in [0.717, 1.165) is 0 Å². The largest absolute Gasteiger partial charge is 0.347 e. The van der Waals surface area contributed by atoms with Gasteiger partial charge in [-0.25, -0.2) is 8.78 Å². The second-order valence-electron chi connectivity index (χ2n) is 5.90. The summed E-state index contributed by atoms with van der Waals surface area (Å²) < 4.78 is 27.1. The van der Waals surface area contributed by atoms with Crippen LogP contribution in [0.2, 0.25) is 0 Å². The van der Waals surface area contributed by atoms with Crippen LogP contribution in [0.4, 0.5) is 8.78 Å². The summed E-state index contributed by atoms with van der Waals surface area (Å²) in [5.74, 6) is -0.957. The molecule has 0 aliphatic heterocycles. The normalized spacial score (nSPS) is 10.8. The lowest BCUT2D eigenvalue weighted by Crippen LogP contribution is -2.23. The third-order valence-electron chi connectivity index (χ3n) is 4.05. The number of nitrogens with zero attached hydrogens (tertiary/aromatic N) is 4. The van der Waals surface area contributed by atoms with E-state index in [4.69, 9.17) is 0 Å². The SMILES string of the molecule is O=C(NCc1cc(-c2nn[nH]n2)ccc1F)c1cc(-c2ccc(F)cc2)n[nH]1. The summed E-state index contributed by atoms with van der Waals surface area (Å²) in [4.78, 5) is 12.3. The highest BCUT2D eigenvalue weighted by molar-refractivity contribution is 5.93. The maximum atomic E-state index is 14.1. The first-order chi connectivity index (χ1) is 13.6. The van der Waals surface area contributed by atoms with Gasteiger partial charge < -0.3 is 5.32 Å². The Morgan fingerprint density at radius 2 is 1.79 bits per heavy atom. The highest BCUT2D eigenvalue weighted by Gasteiger charge is 2.13. The molecule has 4 rings (SSSR count). The van der Waals surface area contributed by atoms with Crippen LogP contribution in [0.5, 0.6) is 0 Å². The maximum Gasteiger partial charge on any atom is 0.269 e. The molecule has 4 aromatic rings. The van der Waals surface area contributed by atoms with Crippen LogP contribution in [0, 0.1) is 11.6 Å². The number of H-pyrrole nitrogens is 2. The lowest BCUT2D eigenvalue weighted by molar-refractivity contribution is 0.0945. The molecular weight excluding hydrogens is 368 g/mol. The third kappa shape index (κ3) is 3.61. The first kappa shape index (κ1) is 17.5. The van der Waals surface area contributed by atoms with Crippen LogP contribution in [0.1, 0.15) is 16.1 Å². The monoisotopic (exact) mass is 381 g/mol. The maximum absolute atomic E-state index is 14.1. The molecule has 0 saturated carbocycles. The first-order valence-corrected chi connectivity index (χ1v) is 8.22. The van der Waals surface area contributed by atoms with E-state index in [-0.39, 0.29) is 23.6 Å². The van der Waals surface area contributed by atoms with Crippen LogP contribution < -0.4 is 5.32 Å². The zero-order valence-corrected chi connectivity index (χ0v) is 14.3. The van der Waals surface area contributed by atoms with E-state index in [0.29, 0.717) is 22.6 Å². The zero-order valence-electron chi connectivity index (χ0n) is 14.3. The molecule has 0 atom stereocenters. The number of aromatic nitrogens is 6. The molecule has 0 radical (unpaired) electrons. The second kappa shape index (κ2) is 7.35. The smallest absolute Gasteiger partial charge is 0.269 e. The average molecular weight is 381 g/mol. The third-order valence-corrected chi connectivity index (χ3v) is 4.05. The summed E-state index contributed by atoms with van der Waals surface area (Å²) in [7, 11) is 0. The molecule has 2 aromatic carbocycles. The lowest BCUT2D eigenvalue weighted by Gasteiger charge is -2.06. The van der Waals surface area contributed by atoms with Crippen molar-refractivity contribution in [3.8, 4) is 22.6 Å². The van der Waals surface area contributed by atoms with Crippen molar-refractivity contribution in [2.75, 3.05) is 0 Å². The number of tetrazole rings is 1. The molecule has 1 amide bonds. The average Bonchev–Trinajstić information content (AvgIpc) is 3.40. The van der Waals surface area contributed by atoms with Crippen molar-refractivity contribution in [1.29, 1.82) is 0 Å². The molecule has 0 saturated heterocycles. The van der Waals surface area contributed by atoms with Gasteiger partial charge >= 0.3 is 0 Å². The van der Waals surface area contributed by atoms with Gasteiger partial charge in [0, 0.05) is 23.2 Å². The summed E-state index contributed by atoms with van der Waals surface area (Å²) in [5, 5.41) is 22.8. The van der Waals surface area contributed by atoms with Crippen LogP contribution in [0.3, 0.4) is 0 Å². The van der Waals surface area contributed by atoms with Crippen molar-refractivity contribution < 1.29 is 13.6 Å². The number of hydrogen-bond acceptors (Lipinski definition) is 5. The Hall–Kier alpha value is -3.95. The summed E-state index contributed by atoms with van der Waals surface area (Å²) in [6.07, 6.45) is 0. The van der Waals surface area contributed by atoms with Crippen molar-refractivity contribution in [3.05, 3.63) is 71.4 Å². The van der Waals surface area contributed by atoms with Gasteiger partial charge in [-0.3, -0.25) is 9.89 Å². The number of benzene rings is 2. The quantitative estimate of drug-likeness (QED) is 0.492. The van der Waals surface area contributed by atoms with Gasteiger partial charge in [0.05, 0.1) is 5.69 Å². The summed E-state index contributed by atoms with van der Waals surface area (Å²) in [6, 6.07) is 11.6. The Kier molecular flexibility index (Phi) is 4.58. The molecule has 0 unspecified atom stereocenters. The Balaban J connectivity index is 1.46. The van der Waals surface area contributed by atoms with Crippen molar-refractivity contribution in [3.63, 3.8) is 0 Å². The minimum Gasteiger partial charge on any atom is -0.347 e. The molecule has 10 heteroatoms. The molecule has 0 fully saturated rings. The predicted octanol–water partition coefficient (Wildman–Crippen LogP) is 2.46. The van der Waals surface area contributed by atoms with E-state index in [9.17, 15) is 13.6 Å². The molecule has 0 bridgehead atoms. The zero-order chi connectivity index (χ0) is 19.5. The van der Waals surface area contributed by atoms with Crippen molar-refractivity contribution in [2.24, 2.45) is 0 Å². The van der Waals surface area contributed by atoms with E-state index >= 15 is 0 Å². The Morgan fingerprint density at radius 3 is 2.54 bits per heavy atom. The summed E-state index contributed by atoms with van der Waals surface area (Å²) >= 11 is 0. The van der Waals surface area contributed by atoms with Gasteiger partial charge in [-0.05, 0) is 53.7 Å². The number of carbonyl (C=O) groups is 1. The van der Waals surface area contributed by atoms with Crippen LogP contribution in [0.15, 0.2) is 48.5 Å². The lowest BCUT2D eigenvalue weighted by atomic mass is 10.1. The Bertz CT molecular complexity index is 1110. The van der Waals surface area contributed by atoms with Gasteiger partial charge in [0.2, 0.25) is 5.82 Å². The topological polar surface area (TPSA) is 112 Å². The number of aromatic amines is 2. The highest BCUT2D eigenvalue weighted by atomic mass is 19.1. The van der Waals surface area contributed by atoms with Crippen LogP contribution in [-0.2, 0) is 6.54 Å². The first-order valence-electron chi connectivity index (χ1n) is 8.22. The van der Waals surface area contributed by atoms with E-state index < -0.39 is 11.7 Å². The molecule has 3 N–H and O–H groups in total. The number of carbonyl (C=O) groups excluding carboxylic acids is 1. The summed E-state index contributed by atoms with van der Waals surface area (Å²) in [5.41, 5.74) is 2.20. The van der Waals surface area contributed by atoms with Gasteiger partial charge in [-0.2, -0.15) is 10.3 Å². The minimum absolute atomic E-state index is 0.0404. The van der Waals surface area contributed by atoms with Crippen molar-refractivity contribution >= 4 is 5.91 Å². The molecule has 2 heterocycles. The van der Waals surface area contributed by atoms with E-state index in [1.807, 2.05) is 0 Å². The molecule has 2 aromatic heterocycles. The van der Waals surface area contributed by atoms with Gasteiger partial charge in [0.25, 0.3) is 5.91 Å². The molecule has 0 aliphatic rings. The number of nitrogens with one attached hydrogen (secondary N) is 3. The van der Waals surface area contributed by atoms with E-state index in [2.05, 4.69) is 36.1 Å². The highest BCUT2D eigenvalue weighted by Crippen LogP contribution is 2.19. The fourth-order valence-electron chi connectivity index (χ4n) is 2.61. The molecule has 28 heavy (non-hydrogen) atoms. The molecular formula is C18H13F2N7O. The van der Waals surface area contributed by atoms with E-state index in [1.165, 1.54) is 36.4 Å². The number of rotatable bonds is 5. The second-order valence-corrected chi connectivity index (χ2v) is 5.90. The van der Waals surface area contributed by atoms with E-state index in [1.54, 1.807) is 12.1 Å². The standard InChI is InChI=1S/C18H13F2N7O/c19-13-4-1-10(2-5-13)15-8-16(23-22-15)18(28)21-9-12-7-11(3-6-14(12)20)17-24-26-27-25-17/h1-8H,9H2,(H,21,28)(H,22,23)(H,24,25,26,27). The van der Waals surface area contributed by atoms with Gasteiger partial charge in [0.1, 0.15) is 17.3 Å². The predicted molar refractivity (Wildman–Crippen MR) is 94.7 cm³/mol. The molecule has 8 nitrogen and oxygen atoms in total. The van der Waals surface area contributed by atoms with Crippen LogP contribution in [-0.4, -0.2) is 36.7 Å². The number of amides is 1. The Morgan fingerprint density at radius 1 is 1.00 bits per heavy atom. The van der Waals surface area contributed by atoms with Gasteiger partial charge in [0.15, 0.2) is 0 Å². The number of hydrogen-bond donors (Lipinski definition) is 3. The van der Waals surface area contributed by atoms with Gasteiger partial charge in [-0.1, -0.05) is 0 Å². The molecule has 0 spiro atoms. The Labute approximate surface area is 157 Å². The van der Waals surface area contributed by atoms with Crippen LogP contribution >= 0.6 is 0 Å². The van der Waals surface area contributed by atoms with Crippen molar-refractivity contribution in [1.82, 2.24) is 36.1 Å². The number of halogens is 2. The molecule has 140 valence electrons. The van der Waals surface area contributed by atoms with Gasteiger partial charge in [-0.15, -0.1) is 10.2 Å². The van der Waals surface area contributed by atoms with Crippen LogP contribution in [0.25, 0.3) is 22.6 Å². The minimum atomic E-state index is -0.468. The summed E-state index contributed by atoms with van der Waals surface area (Å²) in [6.45, 7) is -0.0404. The van der Waals surface area contributed by atoms with Crippen molar-refractivity contribution in [2.45, 2.75) is 6.54 Å².